The third-order valence-electron chi connectivity index (χ3n) is 4.25. The third-order valence-corrected chi connectivity index (χ3v) is 5.66. The van der Waals surface area contributed by atoms with Gasteiger partial charge in [0.25, 0.3) is 0 Å². The number of para-hydroxylation sites is 1. The van der Waals surface area contributed by atoms with Gasteiger partial charge in [0.2, 0.25) is 11.8 Å². The second-order valence-corrected chi connectivity index (χ2v) is 7.85. The van der Waals surface area contributed by atoms with Gasteiger partial charge in [-0.1, -0.05) is 41.6 Å². The van der Waals surface area contributed by atoms with E-state index < -0.39 is 11.1 Å². The molecule has 0 aromatic heterocycles. The third kappa shape index (κ3) is 4.54. The number of hydrogen-bond acceptors (Lipinski definition) is 4. The number of carbonyl (C=O) groups is 2. The zero-order valence-corrected chi connectivity index (χ0v) is 17.0. The van der Waals surface area contributed by atoms with Crippen LogP contribution in [0.1, 0.15) is 18.9 Å². The first-order valence-electron chi connectivity index (χ1n) is 8.76. The summed E-state index contributed by atoms with van der Waals surface area (Å²) in [5.41, 5.74) is 1.65. The van der Waals surface area contributed by atoms with Crippen molar-refractivity contribution in [3.8, 4) is 0 Å². The Labute approximate surface area is 172 Å². The molecule has 146 valence electrons. The van der Waals surface area contributed by atoms with Crippen LogP contribution in [0.4, 0.5) is 15.8 Å². The molecule has 0 unspecified atom stereocenters. The van der Waals surface area contributed by atoms with Crippen molar-refractivity contribution in [1.29, 1.82) is 0 Å². The van der Waals surface area contributed by atoms with Gasteiger partial charge in [-0.3, -0.25) is 14.5 Å². The highest BCUT2D eigenvalue weighted by molar-refractivity contribution is 8.15. The van der Waals surface area contributed by atoms with E-state index in [2.05, 4.69) is 10.3 Å². The van der Waals surface area contributed by atoms with Crippen molar-refractivity contribution in [3.05, 3.63) is 58.9 Å². The summed E-state index contributed by atoms with van der Waals surface area (Å²) in [6, 6.07) is 11.3. The van der Waals surface area contributed by atoms with E-state index in [9.17, 15) is 14.0 Å². The fraction of sp³-hybridized carbons (Fsp3) is 0.250. The average molecular weight is 420 g/mol. The first-order chi connectivity index (χ1) is 13.4. The van der Waals surface area contributed by atoms with Crippen molar-refractivity contribution in [2.45, 2.75) is 25.5 Å². The van der Waals surface area contributed by atoms with Crippen LogP contribution in [0.25, 0.3) is 0 Å². The molecule has 1 heterocycles. The number of aliphatic imine (C=N–C) groups is 1. The smallest absolute Gasteiger partial charge is 0.242 e. The number of nitrogens with one attached hydrogen (secondary N) is 1. The van der Waals surface area contributed by atoms with Crippen molar-refractivity contribution in [1.82, 2.24) is 4.90 Å². The number of nitrogens with zero attached hydrogens (tertiary/aromatic N) is 2. The van der Waals surface area contributed by atoms with E-state index in [1.54, 1.807) is 30.3 Å². The fourth-order valence-corrected chi connectivity index (χ4v) is 4.15. The maximum Gasteiger partial charge on any atom is 0.242 e. The van der Waals surface area contributed by atoms with E-state index in [0.717, 1.165) is 5.56 Å². The van der Waals surface area contributed by atoms with Crippen LogP contribution >= 0.6 is 23.4 Å². The minimum absolute atomic E-state index is 0.0117. The van der Waals surface area contributed by atoms with E-state index in [-0.39, 0.29) is 23.9 Å². The van der Waals surface area contributed by atoms with Crippen LogP contribution < -0.4 is 5.32 Å². The minimum atomic E-state index is -0.607. The Balaban J connectivity index is 1.74. The van der Waals surface area contributed by atoms with Crippen molar-refractivity contribution in [2.75, 3.05) is 11.9 Å². The van der Waals surface area contributed by atoms with E-state index in [1.807, 2.05) is 19.9 Å². The lowest BCUT2D eigenvalue weighted by atomic mass is 10.2. The number of aryl methyl sites for hydroxylation is 1. The number of rotatable bonds is 5. The van der Waals surface area contributed by atoms with E-state index in [4.69, 9.17) is 11.6 Å². The van der Waals surface area contributed by atoms with Crippen molar-refractivity contribution >= 4 is 51.7 Å². The number of thioether (sulfide) groups is 1. The fourth-order valence-electron chi connectivity index (χ4n) is 2.76. The molecule has 3 rings (SSSR count). The Morgan fingerprint density at radius 3 is 2.79 bits per heavy atom. The molecule has 0 bridgehead atoms. The maximum absolute atomic E-state index is 13.9. The molecule has 1 fully saturated rings. The lowest BCUT2D eigenvalue weighted by Crippen LogP contribution is -2.33. The van der Waals surface area contributed by atoms with Crippen molar-refractivity contribution in [2.24, 2.45) is 4.99 Å². The van der Waals surface area contributed by atoms with Crippen LogP contribution in [-0.2, 0) is 9.59 Å². The molecular formula is C20H19ClFN3O2S. The molecule has 0 saturated carbocycles. The first-order valence-corrected chi connectivity index (χ1v) is 10.0. The van der Waals surface area contributed by atoms with Crippen LogP contribution in [0.5, 0.6) is 0 Å². The molecule has 2 aromatic rings. The molecule has 8 heteroatoms. The Kier molecular flexibility index (Phi) is 6.36. The normalized spacial score (nSPS) is 18.0. The molecule has 0 radical (unpaired) electrons. The number of halogens is 2. The molecular weight excluding hydrogens is 401 g/mol. The topological polar surface area (TPSA) is 61.8 Å². The van der Waals surface area contributed by atoms with E-state index in [0.29, 0.717) is 22.4 Å². The zero-order chi connectivity index (χ0) is 20.3. The molecule has 0 spiro atoms. The zero-order valence-electron chi connectivity index (χ0n) is 15.4. The van der Waals surface area contributed by atoms with Crippen molar-refractivity contribution < 1.29 is 14.0 Å². The monoisotopic (exact) mass is 419 g/mol. The van der Waals surface area contributed by atoms with Crippen LogP contribution in [0.15, 0.2) is 47.5 Å². The number of amidine groups is 1. The van der Waals surface area contributed by atoms with Gasteiger partial charge in [0.05, 0.1) is 0 Å². The quantitative estimate of drug-likeness (QED) is 0.759. The van der Waals surface area contributed by atoms with Gasteiger partial charge < -0.3 is 5.32 Å². The lowest BCUT2D eigenvalue weighted by Gasteiger charge is -2.13. The number of benzene rings is 2. The SMILES string of the molecule is CCN1C(=O)[C@@H](CC(=O)Nc2cc(Cl)ccc2C)SC1=Nc1ccccc1F. The molecule has 1 aliphatic rings. The highest BCUT2D eigenvalue weighted by Crippen LogP contribution is 2.32. The van der Waals surface area contributed by atoms with Crippen molar-refractivity contribution in [3.63, 3.8) is 0 Å². The van der Waals surface area contributed by atoms with Crippen LogP contribution in [0.3, 0.4) is 0 Å². The Morgan fingerprint density at radius 2 is 2.07 bits per heavy atom. The molecule has 1 aliphatic heterocycles. The summed E-state index contributed by atoms with van der Waals surface area (Å²) >= 11 is 7.15. The molecule has 28 heavy (non-hydrogen) atoms. The number of amides is 2. The molecule has 2 aromatic carbocycles. The summed E-state index contributed by atoms with van der Waals surface area (Å²) < 4.78 is 13.9. The van der Waals surface area contributed by atoms with Crippen LogP contribution in [-0.4, -0.2) is 33.7 Å². The summed E-state index contributed by atoms with van der Waals surface area (Å²) in [5.74, 6) is -0.961. The molecule has 0 aliphatic carbocycles. The summed E-state index contributed by atoms with van der Waals surface area (Å²) in [5, 5.41) is 3.11. The molecule has 1 saturated heterocycles. The van der Waals surface area contributed by atoms with Crippen LogP contribution in [0.2, 0.25) is 5.02 Å². The Bertz CT molecular complexity index is 951. The van der Waals surface area contributed by atoms with Gasteiger partial charge in [-0.2, -0.15) is 0 Å². The van der Waals surface area contributed by atoms with E-state index >= 15 is 0 Å². The Morgan fingerprint density at radius 1 is 1.32 bits per heavy atom. The molecule has 1 atom stereocenters. The Hall–Kier alpha value is -2.38. The maximum atomic E-state index is 13.9. The predicted molar refractivity (Wildman–Crippen MR) is 112 cm³/mol. The molecule has 2 amide bonds. The molecule has 1 N–H and O–H groups in total. The largest absolute Gasteiger partial charge is 0.326 e. The number of carbonyl (C=O) groups excluding carboxylic acids is 2. The minimum Gasteiger partial charge on any atom is -0.326 e. The van der Waals surface area contributed by atoms with Crippen LogP contribution in [0, 0.1) is 12.7 Å². The summed E-state index contributed by atoms with van der Waals surface area (Å²) in [4.78, 5) is 30.9. The van der Waals surface area contributed by atoms with Gasteiger partial charge in [-0.05, 0) is 43.7 Å². The van der Waals surface area contributed by atoms with Gasteiger partial charge >= 0.3 is 0 Å². The van der Waals surface area contributed by atoms with Gasteiger partial charge in [0.15, 0.2) is 5.17 Å². The van der Waals surface area contributed by atoms with E-state index in [1.165, 1.54) is 22.7 Å². The highest BCUT2D eigenvalue weighted by atomic mass is 35.5. The molecule has 5 nitrogen and oxygen atoms in total. The average Bonchev–Trinajstić information content (AvgIpc) is 2.94. The second kappa shape index (κ2) is 8.75. The standard InChI is InChI=1S/C20H19ClFN3O2S/c1-3-25-19(27)17(28-20(25)24-15-7-5-4-6-14(15)22)11-18(26)23-16-10-13(21)9-8-12(16)2/h4-10,17H,3,11H2,1-2H3,(H,23,26)/t17-/m1/s1. The second-order valence-electron chi connectivity index (χ2n) is 6.25. The summed E-state index contributed by atoms with van der Waals surface area (Å²) in [6.07, 6.45) is -0.0117. The number of anilines is 1. The van der Waals surface area contributed by atoms with Gasteiger partial charge in [-0.15, -0.1) is 0 Å². The number of hydrogen-bond donors (Lipinski definition) is 1. The van der Waals surface area contributed by atoms with Gasteiger partial charge in [-0.25, -0.2) is 9.38 Å². The highest BCUT2D eigenvalue weighted by Gasteiger charge is 2.38. The first kappa shape index (κ1) is 20.4. The summed E-state index contributed by atoms with van der Waals surface area (Å²) in [6.45, 7) is 4.07. The summed E-state index contributed by atoms with van der Waals surface area (Å²) in [7, 11) is 0. The van der Waals surface area contributed by atoms with Gasteiger partial charge in [0.1, 0.15) is 16.8 Å². The lowest BCUT2D eigenvalue weighted by molar-refractivity contribution is -0.128. The van der Waals surface area contributed by atoms with Gasteiger partial charge in [0, 0.05) is 23.7 Å². The predicted octanol–water partition coefficient (Wildman–Crippen LogP) is 4.77.